The van der Waals surface area contributed by atoms with Gasteiger partial charge < -0.3 is 25.7 Å². The fourth-order valence-corrected chi connectivity index (χ4v) is 1.46. The number of benzene rings is 1. The molecular formula is C12H19NO4. The maximum absolute atomic E-state index is 9.79. The van der Waals surface area contributed by atoms with E-state index in [-0.39, 0.29) is 32.1 Å². The Morgan fingerprint density at radius 1 is 1.12 bits per heavy atom. The molecule has 5 nitrogen and oxygen atoms in total. The zero-order valence-corrected chi connectivity index (χ0v) is 9.85. The lowest BCUT2D eigenvalue weighted by Crippen LogP contribution is -2.54. The Balaban J connectivity index is 2.75. The smallest absolute Gasteiger partial charge is 0.122 e. The first-order valence-electron chi connectivity index (χ1n) is 5.43. The molecule has 17 heavy (non-hydrogen) atoms. The third kappa shape index (κ3) is 3.17. The van der Waals surface area contributed by atoms with Gasteiger partial charge in [-0.15, -0.1) is 0 Å². The van der Waals surface area contributed by atoms with Gasteiger partial charge in [0.1, 0.15) is 5.75 Å². The number of aliphatic hydroxyl groups is 3. The zero-order valence-electron chi connectivity index (χ0n) is 9.85. The van der Waals surface area contributed by atoms with E-state index in [0.29, 0.717) is 5.56 Å². The lowest BCUT2D eigenvalue weighted by Gasteiger charge is -2.29. The van der Waals surface area contributed by atoms with Gasteiger partial charge >= 0.3 is 0 Å². The van der Waals surface area contributed by atoms with Crippen molar-refractivity contribution >= 4 is 0 Å². The van der Waals surface area contributed by atoms with Gasteiger partial charge in [0, 0.05) is 12.1 Å². The van der Waals surface area contributed by atoms with Gasteiger partial charge in [-0.3, -0.25) is 0 Å². The molecule has 0 unspecified atom stereocenters. The Hall–Kier alpha value is -1.14. The molecular weight excluding hydrogens is 222 g/mol. The van der Waals surface area contributed by atoms with E-state index in [4.69, 9.17) is 15.3 Å². The Morgan fingerprint density at radius 3 is 2.24 bits per heavy atom. The van der Waals surface area contributed by atoms with E-state index in [1.807, 2.05) is 6.07 Å². The van der Waals surface area contributed by atoms with Crippen LogP contribution in [-0.2, 0) is 6.54 Å². The molecule has 1 aromatic carbocycles. The van der Waals surface area contributed by atoms with Gasteiger partial charge in [0.15, 0.2) is 0 Å². The predicted octanol–water partition coefficient (Wildman–Crippen LogP) is -0.494. The van der Waals surface area contributed by atoms with Gasteiger partial charge in [0.05, 0.1) is 25.4 Å². The van der Waals surface area contributed by atoms with E-state index in [2.05, 4.69) is 5.32 Å². The van der Waals surface area contributed by atoms with Crippen molar-refractivity contribution < 1.29 is 20.4 Å². The third-order valence-electron chi connectivity index (χ3n) is 2.88. The largest absolute Gasteiger partial charge is 0.507 e. The lowest BCUT2D eigenvalue weighted by molar-refractivity contribution is 0.0412. The summed E-state index contributed by atoms with van der Waals surface area (Å²) in [6.07, 6.45) is 0. The minimum absolute atomic E-state index is 0.183. The molecule has 0 amide bonds. The maximum atomic E-state index is 9.79. The fourth-order valence-electron chi connectivity index (χ4n) is 1.46. The number of aliphatic hydroxyl groups excluding tert-OH is 3. The molecule has 0 fully saturated rings. The van der Waals surface area contributed by atoms with Crippen LogP contribution in [0, 0.1) is 6.92 Å². The van der Waals surface area contributed by atoms with Crippen molar-refractivity contribution in [2.75, 3.05) is 19.8 Å². The first-order valence-corrected chi connectivity index (χ1v) is 5.43. The minimum Gasteiger partial charge on any atom is -0.507 e. The molecule has 0 bridgehead atoms. The van der Waals surface area contributed by atoms with E-state index in [1.54, 1.807) is 19.1 Å². The fraction of sp³-hybridized carbons (Fsp3) is 0.500. The molecule has 0 aliphatic rings. The van der Waals surface area contributed by atoms with Crippen molar-refractivity contribution in [3.8, 4) is 5.75 Å². The number of para-hydroxylation sites is 1. The van der Waals surface area contributed by atoms with E-state index in [0.717, 1.165) is 5.56 Å². The van der Waals surface area contributed by atoms with Gasteiger partial charge in [-0.1, -0.05) is 18.2 Å². The number of rotatable bonds is 6. The molecule has 0 saturated heterocycles. The molecule has 5 N–H and O–H groups in total. The number of phenols is 1. The van der Waals surface area contributed by atoms with Crippen molar-refractivity contribution in [1.29, 1.82) is 0 Å². The molecule has 1 rings (SSSR count). The zero-order chi connectivity index (χ0) is 12.9. The van der Waals surface area contributed by atoms with E-state index >= 15 is 0 Å². The van der Waals surface area contributed by atoms with Crippen LogP contribution in [0.5, 0.6) is 5.75 Å². The number of phenolic OH excluding ortho intramolecular Hbond substituents is 1. The lowest BCUT2D eigenvalue weighted by atomic mass is 10.0. The van der Waals surface area contributed by atoms with Crippen LogP contribution in [-0.4, -0.2) is 45.8 Å². The first kappa shape index (κ1) is 13.9. The van der Waals surface area contributed by atoms with E-state index in [9.17, 15) is 5.11 Å². The highest BCUT2D eigenvalue weighted by molar-refractivity contribution is 5.39. The highest BCUT2D eigenvalue weighted by Crippen LogP contribution is 2.21. The maximum Gasteiger partial charge on any atom is 0.122 e. The quantitative estimate of drug-likeness (QED) is 0.463. The highest BCUT2D eigenvalue weighted by atomic mass is 16.3. The monoisotopic (exact) mass is 241 g/mol. The molecule has 1 aromatic rings. The summed E-state index contributed by atoms with van der Waals surface area (Å²) < 4.78 is 0. The standard InChI is InChI=1S/C12H19NO4/c1-9-3-2-4-10(11(9)17)5-13-12(6-14,7-15)8-16/h2-4,13-17H,5-8H2,1H3. The molecule has 96 valence electrons. The van der Waals surface area contributed by atoms with Gasteiger partial charge in [-0.05, 0) is 12.5 Å². The number of nitrogens with one attached hydrogen (secondary N) is 1. The number of hydrogen-bond donors (Lipinski definition) is 5. The summed E-state index contributed by atoms with van der Waals surface area (Å²) >= 11 is 0. The van der Waals surface area contributed by atoms with E-state index < -0.39 is 5.54 Å². The van der Waals surface area contributed by atoms with Crippen LogP contribution in [0.3, 0.4) is 0 Å². The summed E-state index contributed by atoms with van der Waals surface area (Å²) in [6, 6.07) is 5.34. The molecule has 0 aromatic heterocycles. The van der Waals surface area contributed by atoms with Gasteiger partial charge in [0.2, 0.25) is 0 Å². The van der Waals surface area contributed by atoms with Crippen molar-refractivity contribution in [3.63, 3.8) is 0 Å². The highest BCUT2D eigenvalue weighted by Gasteiger charge is 2.27. The molecule has 0 aliphatic heterocycles. The third-order valence-corrected chi connectivity index (χ3v) is 2.88. The summed E-state index contributed by atoms with van der Waals surface area (Å²) in [6.45, 7) is 0.900. The van der Waals surface area contributed by atoms with Crippen LogP contribution in [0.15, 0.2) is 18.2 Å². The van der Waals surface area contributed by atoms with Crippen LogP contribution in [0.4, 0.5) is 0 Å². The average Bonchev–Trinajstić information content (AvgIpc) is 2.36. The van der Waals surface area contributed by atoms with Crippen molar-refractivity contribution in [2.45, 2.75) is 19.0 Å². The Morgan fingerprint density at radius 2 is 1.71 bits per heavy atom. The van der Waals surface area contributed by atoms with Gasteiger partial charge in [0.25, 0.3) is 0 Å². The molecule has 0 aliphatic carbocycles. The second-order valence-electron chi connectivity index (χ2n) is 4.19. The number of aryl methyl sites for hydroxylation is 1. The summed E-state index contributed by atoms with van der Waals surface area (Å²) in [5.74, 6) is 0.183. The Bertz CT molecular complexity index is 355. The van der Waals surface area contributed by atoms with Gasteiger partial charge in [-0.25, -0.2) is 0 Å². The minimum atomic E-state index is -1.13. The second-order valence-corrected chi connectivity index (χ2v) is 4.19. The summed E-state index contributed by atoms with van der Waals surface area (Å²) in [4.78, 5) is 0. The van der Waals surface area contributed by atoms with Crippen molar-refractivity contribution in [1.82, 2.24) is 5.32 Å². The first-order chi connectivity index (χ1) is 8.08. The van der Waals surface area contributed by atoms with Crippen LogP contribution in [0.25, 0.3) is 0 Å². The SMILES string of the molecule is Cc1cccc(CNC(CO)(CO)CO)c1O. The number of aromatic hydroxyl groups is 1. The van der Waals surface area contributed by atoms with Crippen LogP contribution in [0.1, 0.15) is 11.1 Å². The molecule has 0 atom stereocenters. The summed E-state index contributed by atoms with van der Waals surface area (Å²) in [5.41, 5.74) is 0.285. The van der Waals surface area contributed by atoms with Crippen molar-refractivity contribution in [2.24, 2.45) is 0 Å². The van der Waals surface area contributed by atoms with Crippen molar-refractivity contribution in [3.05, 3.63) is 29.3 Å². The summed E-state index contributed by atoms with van der Waals surface area (Å²) in [5, 5.41) is 40.0. The predicted molar refractivity (Wildman–Crippen MR) is 63.7 cm³/mol. The summed E-state index contributed by atoms with van der Waals surface area (Å²) in [7, 11) is 0. The average molecular weight is 241 g/mol. The number of hydrogen-bond acceptors (Lipinski definition) is 5. The molecule has 0 spiro atoms. The second kappa shape index (κ2) is 5.97. The van der Waals surface area contributed by atoms with Crippen LogP contribution in [0.2, 0.25) is 0 Å². The van der Waals surface area contributed by atoms with Crippen LogP contribution >= 0.6 is 0 Å². The molecule has 5 heteroatoms. The molecule has 0 saturated carbocycles. The van der Waals surface area contributed by atoms with Crippen LogP contribution < -0.4 is 5.32 Å². The Labute approximate surface area is 100 Å². The topological polar surface area (TPSA) is 93.0 Å². The van der Waals surface area contributed by atoms with Gasteiger partial charge in [-0.2, -0.15) is 0 Å². The Kier molecular flexibility index (Phi) is 4.89. The van der Waals surface area contributed by atoms with E-state index in [1.165, 1.54) is 0 Å². The molecule has 0 heterocycles. The normalized spacial score (nSPS) is 11.8. The molecule has 0 radical (unpaired) electrons.